The number of hydrogen-bond acceptors (Lipinski definition) is 4. The van der Waals surface area contributed by atoms with E-state index in [2.05, 4.69) is 28.5 Å². The summed E-state index contributed by atoms with van der Waals surface area (Å²) < 4.78 is 26.9. The highest BCUT2D eigenvalue weighted by molar-refractivity contribution is 5.18. The highest BCUT2D eigenvalue weighted by Gasteiger charge is 2.33. The molecule has 0 bridgehead atoms. The number of aliphatic hydroxyl groups is 1. The molecule has 0 aliphatic carbocycles. The Morgan fingerprint density at radius 3 is 2.30 bits per heavy atom. The third-order valence-corrected chi connectivity index (χ3v) is 6.10. The largest absolute Gasteiger partial charge is 0.396 e. The number of halogens is 2. The molecule has 2 aliphatic heterocycles. The Bertz CT molecular complexity index is 585. The zero-order chi connectivity index (χ0) is 19.4. The van der Waals surface area contributed by atoms with Crippen LogP contribution < -0.4 is 0 Å². The second kappa shape index (κ2) is 9.41. The highest BCUT2D eigenvalue weighted by Crippen LogP contribution is 2.25. The summed E-state index contributed by atoms with van der Waals surface area (Å²) in [5, 5.41) is 9.55. The van der Waals surface area contributed by atoms with E-state index in [-0.39, 0.29) is 6.61 Å². The molecule has 2 saturated heterocycles. The van der Waals surface area contributed by atoms with E-state index in [1.807, 2.05) is 0 Å². The van der Waals surface area contributed by atoms with Crippen molar-refractivity contribution in [2.45, 2.75) is 57.8 Å². The first-order chi connectivity index (χ1) is 13.0. The van der Waals surface area contributed by atoms with Gasteiger partial charge in [-0.25, -0.2) is 8.78 Å². The average Bonchev–Trinajstić information content (AvgIpc) is 2.61. The van der Waals surface area contributed by atoms with Gasteiger partial charge in [0.15, 0.2) is 0 Å². The fraction of sp³-hybridized carbons (Fsp3) is 0.714. The van der Waals surface area contributed by atoms with Gasteiger partial charge in [-0.05, 0) is 63.9 Å². The predicted octanol–water partition coefficient (Wildman–Crippen LogP) is 2.71. The van der Waals surface area contributed by atoms with Crippen molar-refractivity contribution in [3.05, 3.63) is 35.4 Å². The van der Waals surface area contributed by atoms with Crippen LogP contribution in [0.5, 0.6) is 0 Å². The smallest absolute Gasteiger partial charge is 0.126 e. The van der Waals surface area contributed by atoms with Gasteiger partial charge in [0.1, 0.15) is 11.6 Å². The Hall–Kier alpha value is -1.08. The molecule has 1 aromatic carbocycles. The van der Waals surface area contributed by atoms with Gasteiger partial charge < -0.3 is 10.0 Å². The summed E-state index contributed by atoms with van der Waals surface area (Å²) in [5.41, 5.74) is 0.675. The van der Waals surface area contributed by atoms with Crippen molar-refractivity contribution in [2.75, 3.05) is 39.3 Å². The van der Waals surface area contributed by atoms with Crippen molar-refractivity contribution < 1.29 is 13.9 Å². The first kappa shape index (κ1) is 20.6. The molecule has 2 heterocycles. The predicted molar refractivity (Wildman–Crippen MR) is 104 cm³/mol. The molecule has 0 radical (unpaired) electrons. The second-order valence-corrected chi connectivity index (χ2v) is 8.28. The third-order valence-electron chi connectivity index (χ3n) is 6.10. The fourth-order valence-corrected chi connectivity index (χ4v) is 4.66. The van der Waals surface area contributed by atoms with Crippen LogP contribution in [-0.4, -0.2) is 77.3 Å². The minimum absolute atomic E-state index is 0.175. The van der Waals surface area contributed by atoms with Crippen LogP contribution in [0.25, 0.3) is 0 Å². The van der Waals surface area contributed by atoms with Gasteiger partial charge in [0.25, 0.3) is 0 Å². The van der Waals surface area contributed by atoms with E-state index in [1.165, 1.54) is 25.0 Å². The Labute approximate surface area is 161 Å². The summed E-state index contributed by atoms with van der Waals surface area (Å²) >= 11 is 0. The van der Waals surface area contributed by atoms with Gasteiger partial charge in [-0.15, -0.1) is 0 Å². The monoisotopic (exact) mass is 381 g/mol. The van der Waals surface area contributed by atoms with Crippen molar-refractivity contribution in [3.8, 4) is 0 Å². The molecule has 2 aliphatic rings. The summed E-state index contributed by atoms with van der Waals surface area (Å²) in [4.78, 5) is 7.37. The number of likely N-dealkylation sites (tertiary alicyclic amines) is 1. The van der Waals surface area contributed by atoms with E-state index in [0.717, 1.165) is 45.2 Å². The molecule has 0 amide bonds. The Balaban J connectivity index is 1.59. The topological polar surface area (TPSA) is 30.0 Å². The minimum atomic E-state index is -0.521. The maximum absolute atomic E-state index is 13.5. The maximum atomic E-state index is 13.5. The van der Waals surface area contributed by atoms with Gasteiger partial charge in [0, 0.05) is 57.0 Å². The van der Waals surface area contributed by atoms with Crippen molar-refractivity contribution >= 4 is 0 Å². The molecule has 1 N–H and O–H groups in total. The lowest BCUT2D eigenvalue weighted by Gasteiger charge is -2.48. The molecule has 0 unspecified atom stereocenters. The number of aliphatic hydroxyl groups excluding tert-OH is 1. The van der Waals surface area contributed by atoms with Crippen LogP contribution in [0.15, 0.2) is 18.2 Å². The first-order valence-corrected chi connectivity index (χ1v) is 10.2. The molecule has 152 valence electrons. The van der Waals surface area contributed by atoms with Crippen molar-refractivity contribution in [2.24, 2.45) is 0 Å². The van der Waals surface area contributed by atoms with E-state index in [0.29, 0.717) is 30.2 Å². The number of piperazine rings is 1. The van der Waals surface area contributed by atoms with Gasteiger partial charge in [-0.2, -0.15) is 0 Å². The number of benzene rings is 1. The Kier molecular flexibility index (Phi) is 7.20. The quantitative estimate of drug-likeness (QED) is 0.821. The minimum Gasteiger partial charge on any atom is -0.396 e. The number of hydrogen-bond donors (Lipinski definition) is 1. The SMILES string of the molecule is CC(C)N1CCC(N2CCN(Cc3cc(F)cc(F)c3)C[C@@H]2CCO)CC1. The molecule has 27 heavy (non-hydrogen) atoms. The van der Waals surface area contributed by atoms with Crippen LogP contribution in [0.4, 0.5) is 8.78 Å². The molecule has 1 atom stereocenters. The lowest BCUT2D eigenvalue weighted by atomic mass is 9.97. The number of piperidine rings is 1. The molecule has 0 spiro atoms. The molecular formula is C21H33F2N3O. The lowest BCUT2D eigenvalue weighted by molar-refractivity contribution is -0.0000631. The van der Waals surface area contributed by atoms with E-state index in [1.54, 1.807) is 0 Å². The molecule has 1 aromatic rings. The highest BCUT2D eigenvalue weighted by atomic mass is 19.1. The van der Waals surface area contributed by atoms with E-state index in [9.17, 15) is 13.9 Å². The van der Waals surface area contributed by atoms with Crippen LogP contribution in [0.3, 0.4) is 0 Å². The van der Waals surface area contributed by atoms with Gasteiger partial charge in [-0.1, -0.05) is 0 Å². The fourth-order valence-electron chi connectivity index (χ4n) is 4.66. The van der Waals surface area contributed by atoms with Crippen molar-refractivity contribution in [1.82, 2.24) is 14.7 Å². The zero-order valence-electron chi connectivity index (χ0n) is 16.6. The number of rotatable bonds is 6. The lowest BCUT2D eigenvalue weighted by Crippen LogP contribution is -2.58. The Morgan fingerprint density at radius 1 is 1.04 bits per heavy atom. The zero-order valence-corrected chi connectivity index (χ0v) is 16.6. The average molecular weight is 382 g/mol. The summed E-state index contributed by atoms with van der Waals surface area (Å²) in [5.74, 6) is -1.04. The normalized spacial score (nSPS) is 24.0. The third kappa shape index (κ3) is 5.47. The Morgan fingerprint density at radius 2 is 1.70 bits per heavy atom. The van der Waals surface area contributed by atoms with Gasteiger partial charge >= 0.3 is 0 Å². The van der Waals surface area contributed by atoms with Crippen LogP contribution >= 0.6 is 0 Å². The van der Waals surface area contributed by atoms with Gasteiger partial charge in [0.2, 0.25) is 0 Å². The van der Waals surface area contributed by atoms with E-state index in [4.69, 9.17) is 0 Å². The van der Waals surface area contributed by atoms with Gasteiger partial charge in [-0.3, -0.25) is 9.80 Å². The number of nitrogens with zero attached hydrogens (tertiary/aromatic N) is 3. The second-order valence-electron chi connectivity index (χ2n) is 8.28. The van der Waals surface area contributed by atoms with Crippen LogP contribution in [0.2, 0.25) is 0 Å². The summed E-state index contributed by atoms with van der Waals surface area (Å²) in [6.07, 6.45) is 3.10. The van der Waals surface area contributed by atoms with Crippen LogP contribution in [0, 0.1) is 11.6 Å². The van der Waals surface area contributed by atoms with Crippen LogP contribution in [-0.2, 0) is 6.54 Å². The van der Waals surface area contributed by atoms with Crippen LogP contribution in [0.1, 0.15) is 38.7 Å². The van der Waals surface area contributed by atoms with Crippen molar-refractivity contribution in [1.29, 1.82) is 0 Å². The molecule has 4 nitrogen and oxygen atoms in total. The summed E-state index contributed by atoms with van der Waals surface area (Å²) in [6.45, 7) is 10.2. The van der Waals surface area contributed by atoms with Crippen molar-refractivity contribution in [3.63, 3.8) is 0 Å². The van der Waals surface area contributed by atoms with E-state index >= 15 is 0 Å². The molecule has 3 rings (SSSR count). The first-order valence-electron chi connectivity index (χ1n) is 10.2. The molecule has 6 heteroatoms. The summed E-state index contributed by atoms with van der Waals surface area (Å²) in [6, 6.07) is 5.22. The molecular weight excluding hydrogens is 348 g/mol. The van der Waals surface area contributed by atoms with E-state index < -0.39 is 11.6 Å². The standard InChI is InChI=1S/C21H33F2N3O/c1-16(2)25-6-3-20(4-7-25)26-9-8-24(15-21(26)5-10-27)14-17-11-18(22)13-19(23)12-17/h11-13,16,20-21,27H,3-10,14-15H2,1-2H3/t21-/m0/s1. The molecule has 0 saturated carbocycles. The molecule has 0 aromatic heterocycles. The summed E-state index contributed by atoms with van der Waals surface area (Å²) in [7, 11) is 0. The maximum Gasteiger partial charge on any atom is 0.126 e. The van der Waals surface area contributed by atoms with Gasteiger partial charge in [0.05, 0.1) is 0 Å². The molecule has 2 fully saturated rings.